The first-order valence-corrected chi connectivity index (χ1v) is 3.25. The van der Waals surface area contributed by atoms with Gasteiger partial charge in [0.1, 0.15) is 5.82 Å². The van der Waals surface area contributed by atoms with Gasteiger partial charge in [-0.25, -0.2) is 4.99 Å². The van der Waals surface area contributed by atoms with Crippen LogP contribution in [0.5, 0.6) is 0 Å². The van der Waals surface area contributed by atoms with Crippen molar-refractivity contribution in [1.82, 2.24) is 5.32 Å². The minimum absolute atomic E-state index is 0.628. The molecule has 0 amide bonds. The van der Waals surface area contributed by atoms with Crippen molar-refractivity contribution in [2.45, 2.75) is 25.3 Å². The third-order valence-corrected chi connectivity index (χ3v) is 1.67. The van der Waals surface area contributed by atoms with Gasteiger partial charge in [0, 0.05) is 6.04 Å². The van der Waals surface area contributed by atoms with Gasteiger partial charge >= 0.3 is 0 Å². The van der Waals surface area contributed by atoms with Gasteiger partial charge in [-0.15, -0.1) is 0 Å². The lowest BCUT2D eigenvalue weighted by Gasteiger charge is -2.26. The van der Waals surface area contributed by atoms with Crippen molar-refractivity contribution in [2.75, 3.05) is 0 Å². The van der Waals surface area contributed by atoms with Crippen LogP contribution in [0.4, 0.5) is 0 Å². The average Bonchev–Trinajstić information content (AvgIpc) is 1.78. The standard InChI is InChI=1S/C7H12N2/c1-6(8-2)9-7-4-3-5-7/h7,9H,1-5H2. The predicted molar refractivity (Wildman–Crippen MR) is 39.5 cm³/mol. The van der Waals surface area contributed by atoms with Crippen molar-refractivity contribution in [1.29, 1.82) is 0 Å². The molecule has 0 radical (unpaired) electrons. The Morgan fingerprint density at radius 1 is 1.56 bits per heavy atom. The van der Waals surface area contributed by atoms with E-state index >= 15 is 0 Å². The van der Waals surface area contributed by atoms with Gasteiger partial charge in [0.25, 0.3) is 0 Å². The molecule has 0 bridgehead atoms. The lowest BCUT2D eigenvalue weighted by molar-refractivity contribution is 0.364. The van der Waals surface area contributed by atoms with Crippen molar-refractivity contribution >= 4 is 6.72 Å². The molecule has 2 heteroatoms. The van der Waals surface area contributed by atoms with Crippen LogP contribution >= 0.6 is 0 Å². The highest BCUT2D eigenvalue weighted by Crippen LogP contribution is 2.18. The van der Waals surface area contributed by atoms with E-state index in [1.807, 2.05) is 0 Å². The second-order valence-electron chi connectivity index (χ2n) is 2.38. The largest absolute Gasteiger partial charge is 0.368 e. The van der Waals surface area contributed by atoms with E-state index in [0.29, 0.717) is 11.9 Å². The molecule has 50 valence electrons. The number of rotatable bonds is 3. The minimum atomic E-state index is 0.628. The highest BCUT2D eigenvalue weighted by atomic mass is 15.0. The minimum Gasteiger partial charge on any atom is -0.368 e. The molecule has 0 atom stereocenters. The molecule has 1 aliphatic carbocycles. The molecule has 1 rings (SSSR count). The van der Waals surface area contributed by atoms with E-state index in [9.17, 15) is 0 Å². The highest BCUT2D eigenvalue weighted by molar-refractivity contribution is 5.27. The molecule has 1 aliphatic rings. The Kier molecular flexibility index (Phi) is 1.88. The molecule has 0 aromatic heterocycles. The maximum absolute atomic E-state index is 3.65. The molecule has 0 aromatic rings. The fourth-order valence-corrected chi connectivity index (χ4v) is 0.834. The van der Waals surface area contributed by atoms with Crippen LogP contribution in [0.3, 0.4) is 0 Å². The Morgan fingerprint density at radius 2 is 2.22 bits per heavy atom. The number of nitrogens with one attached hydrogen (secondary N) is 1. The van der Waals surface area contributed by atoms with Crippen molar-refractivity contribution < 1.29 is 0 Å². The summed E-state index contributed by atoms with van der Waals surface area (Å²) in [6, 6.07) is 0.628. The van der Waals surface area contributed by atoms with Crippen molar-refractivity contribution in [3.63, 3.8) is 0 Å². The summed E-state index contributed by atoms with van der Waals surface area (Å²) in [6.07, 6.45) is 3.85. The topological polar surface area (TPSA) is 24.4 Å². The summed E-state index contributed by atoms with van der Waals surface area (Å²) in [5, 5.41) is 3.14. The Morgan fingerprint density at radius 3 is 2.56 bits per heavy atom. The molecular weight excluding hydrogens is 112 g/mol. The Labute approximate surface area is 55.7 Å². The normalized spacial score (nSPS) is 18.2. The van der Waals surface area contributed by atoms with Gasteiger partial charge in [-0.05, 0) is 26.0 Å². The lowest BCUT2D eigenvalue weighted by atomic mass is 9.93. The monoisotopic (exact) mass is 124 g/mol. The summed E-state index contributed by atoms with van der Waals surface area (Å²) < 4.78 is 0. The van der Waals surface area contributed by atoms with Gasteiger partial charge in [0.2, 0.25) is 0 Å². The maximum Gasteiger partial charge on any atom is 0.118 e. The smallest absolute Gasteiger partial charge is 0.118 e. The van der Waals surface area contributed by atoms with Crippen molar-refractivity contribution in [2.24, 2.45) is 4.99 Å². The van der Waals surface area contributed by atoms with Gasteiger partial charge in [-0.3, -0.25) is 0 Å². The van der Waals surface area contributed by atoms with Crippen LogP contribution in [0.25, 0.3) is 0 Å². The van der Waals surface area contributed by atoms with Crippen LogP contribution in [-0.4, -0.2) is 12.8 Å². The SMILES string of the molecule is C=NC(=C)NC1CCC1. The number of hydrogen-bond donors (Lipinski definition) is 1. The third kappa shape index (κ3) is 1.56. The zero-order chi connectivity index (χ0) is 6.69. The van der Waals surface area contributed by atoms with Crippen LogP contribution in [0.15, 0.2) is 17.4 Å². The van der Waals surface area contributed by atoms with Gasteiger partial charge in [-0.1, -0.05) is 6.58 Å². The van der Waals surface area contributed by atoms with Crippen LogP contribution in [0.1, 0.15) is 19.3 Å². The van der Waals surface area contributed by atoms with Crippen LogP contribution in [-0.2, 0) is 0 Å². The number of aliphatic imine (C=N–C) groups is 1. The molecule has 0 unspecified atom stereocenters. The molecule has 9 heavy (non-hydrogen) atoms. The Hall–Kier alpha value is -0.790. The fourth-order valence-electron chi connectivity index (χ4n) is 0.834. The quantitative estimate of drug-likeness (QED) is 0.563. The third-order valence-electron chi connectivity index (χ3n) is 1.67. The van der Waals surface area contributed by atoms with E-state index in [1.165, 1.54) is 19.3 Å². The van der Waals surface area contributed by atoms with E-state index in [2.05, 4.69) is 23.6 Å². The summed E-state index contributed by atoms with van der Waals surface area (Å²) in [5.74, 6) is 0.708. The first-order chi connectivity index (χ1) is 4.33. The molecule has 0 heterocycles. The lowest BCUT2D eigenvalue weighted by Crippen LogP contribution is -2.33. The maximum atomic E-state index is 3.65. The summed E-state index contributed by atoms with van der Waals surface area (Å²) in [4.78, 5) is 3.65. The highest BCUT2D eigenvalue weighted by Gasteiger charge is 2.16. The zero-order valence-electron chi connectivity index (χ0n) is 5.56. The van der Waals surface area contributed by atoms with E-state index in [4.69, 9.17) is 0 Å². The van der Waals surface area contributed by atoms with Gasteiger partial charge in [-0.2, -0.15) is 0 Å². The van der Waals surface area contributed by atoms with Crippen molar-refractivity contribution in [3.05, 3.63) is 12.4 Å². The second kappa shape index (κ2) is 2.67. The van der Waals surface area contributed by atoms with Crippen molar-refractivity contribution in [3.8, 4) is 0 Å². The number of nitrogens with zero attached hydrogens (tertiary/aromatic N) is 1. The summed E-state index contributed by atoms with van der Waals surface area (Å²) >= 11 is 0. The average molecular weight is 124 g/mol. The van der Waals surface area contributed by atoms with Crippen LogP contribution in [0.2, 0.25) is 0 Å². The molecule has 1 fully saturated rings. The molecular formula is C7H12N2. The molecule has 0 aromatic carbocycles. The first kappa shape index (κ1) is 6.33. The zero-order valence-corrected chi connectivity index (χ0v) is 5.56. The van der Waals surface area contributed by atoms with Gasteiger partial charge < -0.3 is 5.32 Å². The first-order valence-electron chi connectivity index (χ1n) is 3.25. The van der Waals surface area contributed by atoms with Crippen LogP contribution in [0, 0.1) is 0 Å². The van der Waals surface area contributed by atoms with E-state index < -0.39 is 0 Å². The van der Waals surface area contributed by atoms with E-state index in [-0.39, 0.29) is 0 Å². The molecule has 0 spiro atoms. The van der Waals surface area contributed by atoms with Gasteiger partial charge in [0.05, 0.1) is 0 Å². The Bertz CT molecular complexity index is 125. The molecule has 2 nitrogen and oxygen atoms in total. The molecule has 0 aliphatic heterocycles. The van der Waals surface area contributed by atoms with E-state index in [0.717, 1.165) is 0 Å². The summed E-state index contributed by atoms with van der Waals surface area (Å²) in [7, 11) is 0. The molecule has 0 saturated heterocycles. The molecule has 1 saturated carbocycles. The van der Waals surface area contributed by atoms with E-state index in [1.54, 1.807) is 0 Å². The number of hydrogen-bond acceptors (Lipinski definition) is 2. The Balaban J connectivity index is 2.16. The second-order valence-corrected chi connectivity index (χ2v) is 2.38. The fraction of sp³-hybridized carbons (Fsp3) is 0.571. The summed E-state index contributed by atoms with van der Waals surface area (Å²) in [6.45, 7) is 7.01. The summed E-state index contributed by atoms with van der Waals surface area (Å²) in [5.41, 5.74) is 0. The molecule has 1 N–H and O–H groups in total. The predicted octanol–water partition coefficient (Wildman–Crippen LogP) is 1.30. The van der Waals surface area contributed by atoms with Crippen LogP contribution < -0.4 is 5.32 Å². The van der Waals surface area contributed by atoms with Gasteiger partial charge in [0.15, 0.2) is 0 Å².